The minimum absolute atomic E-state index is 0.0305. The first kappa shape index (κ1) is 22.5. The molecule has 0 unspecified atom stereocenters. The van der Waals surface area contributed by atoms with Crippen molar-refractivity contribution in [1.82, 2.24) is 19.4 Å². The van der Waals surface area contributed by atoms with Crippen molar-refractivity contribution in [2.24, 2.45) is 0 Å². The van der Waals surface area contributed by atoms with E-state index in [1.807, 2.05) is 49.4 Å². The van der Waals surface area contributed by atoms with Crippen molar-refractivity contribution in [3.8, 4) is 0 Å². The number of hydrogen-bond donors (Lipinski definition) is 1. The molecule has 2 aromatic carbocycles. The van der Waals surface area contributed by atoms with Gasteiger partial charge in [-0.15, -0.1) is 0 Å². The molecule has 0 radical (unpaired) electrons. The third-order valence-corrected chi connectivity index (χ3v) is 8.34. The maximum atomic E-state index is 13.2. The first-order valence-corrected chi connectivity index (χ1v) is 12.5. The molecule has 0 aliphatic carbocycles. The Kier molecular flexibility index (Phi) is 6.35. The predicted molar refractivity (Wildman–Crippen MR) is 125 cm³/mol. The van der Waals surface area contributed by atoms with Gasteiger partial charge in [-0.25, -0.2) is 8.42 Å². The lowest BCUT2D eigenvalue weighted by Gasteiger charge is -2.26. The summed E-state index contributed by atoms with van der Waals surface area (Å²) < 4.78 is 29.4. The second-order valence-electron chi connectivity index (χ2n) is 8.48. The summed E-state index contributed by atoms with van der Waals surface area (Å²) in [6, 6.07) is 13.9. The number of nitrogens with zero attached hydrogens (tertiary/aromatic N) is 3. The van der Waals surface area contributed by atoms with Gasteiger partial charge >= 0.3 is 0 Å². The number of fused-ring (bicyclic) bond motifs is 1. The lowest BCUT2D eigenvalue weighted by Crippen LogP contribution is -2.36. The highest BCUT2D eigenvalue weighted by Gasteiger charge is 2.32. The fourth-order valence-corrected chi connectivity index (χ4v) is 6.46. The minimum atomic E-state index is -3.61. The zero-order valence-corrected chi connectivity index (χ0v) is 19.7. The number of hydrogen-bond acceptors (Lipinski definition) is 4. The SMILES string of the molecule is Cc1nn(CC(=O)N[C@@H](C)c2cccc3ccccc23)c(C)c1S(=O)(=O)N1CCCCC1. The van der Waals surface area contributed by atoms with Crippen molar-refractivity contribution < 1.29 is 13.2 Å². The summed E-state index contributed by atoms with van der Waals surface area (Å²) in [6.07, 6.45) is 2.80. The van der Waals surface area contributed by atoms with Gasteiger partial charge in [-0.05, 0) is 49.9 Å². The molecule has 32 heavy (non-hydrogen) atoms. The van der Waals surface area contributed by atoms with E-state index in [1.165, 1.54) is 4.68 Å². The molecule has 1 aromatic heterocycles. The molecule has 1 N–H and O–H groups in total. The van der Waals surface area contributed by atoms with Crippen LogP contribution >= 0.6 is 0 Å². The number of aromatic nitrogens is 2. The Hall–Kier alpha value is -2.71. The summed E-state index contributed by atoms with van der Waals surface area (Å²) in [4.78, 5) is 13.1. The Labute approximate surface area is 189 Å². The number of aryl methyl sites for hydroxylation is 1. The van der Waals surface area contributed by atoms with Crippen LogP contribution in [0.2, 0.25) is 0 Å². The van der Waals surface area contributed by atoms with Gasteiger partial charge in [0.25, 0.3) is 0 Å². The Bertz CT molecular complexity index is 1240. The van der Waals surface area contributed by atoms with Gasteiger partial charge in [0.15, 0.2) is 0 Å². The molecular formula is C24H30N4O3S. The molecule has 0 bridgehead atoms. The average Bonchev–Trinajstić information content (AvgIpc) is 3.07. The van der Waals surface area contributed by atoms with E-state index in [0.717, 1.165) is 35.6 Å². The molecule has 1 saturated heterocycles. The largest absolute Gasteiger partial charge is 0.348 e. The first-order chi connectivity index (χ1) is 15.3. The highest BCUT2D eigenvalue weighted by molar-refractivity contribution is 7.89. The number of rotatable bonds is 6. The number of carbonyl (C=O) groups excluding carboxylic acids is 1. The van der Waals surface area contributed by atoms with Crippen molar-refractivity contribution in [3.05, 3.63) is 59.4 Å². The molecular weight excluding hydrogens is 424 g/mol. The van der Waals surface area contributed by atoms with Gasteiger partial charge in [-0.3, -0.25) is 9.48 Å². The predicted octanol–water partition coefficient (Wildman–Crippen LogP) is 3.71. The first-order valence-electron chi connectivity index (χ1n) is 11.1. The van der Waals surface area contributed by atoms with Crippen LogP contribution in [0.4, 0.5) is 0 Å². The van der Waals surface area contributed by atoms with Crippen LogP contribution in [-0.4, -0.2) is 41.5 Å². The highest BCUT2D eigenvalue weighted by atomic mass is 32.2. The van der Waals surface area contributed by atoms with Gasteiger partial charge in [0.1, 0.15) is 11.4 Å². The van der Waals surface area contributed by atoms with Crippen LogP contribution in [0.5, 0.6) is 0 Å². The zero-order chi connectivity index (χ0) is 22.9. The third-order valence-electron chi connectivity index (χ3n) is 6.19. The number of sulfonamides is 1. The van der Waals surface area contributed by atoms with Crippen LogP contribution in [0.25, 0.3) is 10.8 Å². The third kappa shape index (κ3) is 4.29. The molecule has 8 heteroatoms. The maximum absolute atomic E-state index is 13.2. The van der Waals surface area contributed by atoms with E-state index in [0.29, 0.717) is 24.5 Å². The summed E-state index contributed by atoms with van der Waals surface area (Å²) in [5.41, 5.74) is 1.97. The summed E-state index contributed by atoms with van der Waals surface area (Å²) in [5, 5.41) is 9.65. The molecule has 7 nitrogen and oxygen atoms in total. The molecule has 1 aliphatic heterocycles. The van der Waals surface area contributed by atoms with Crippen LogP contribution < -0.4 is 5.32 Å². The van der Waals surface area contributed by atoms with E-state index in [4.69, 9.17) is 0 Å². The molecule has 170 valence electrons. The highest BCUT2D eigenvalue weighted by Crippen LogP contribution is 2.27. The van der Waals surface area contributed by atoms with Gasteiger partial charge in [0.2, 0.25) is 15.9 Å². The molecule has 2 heterocycles. The summed E-state index contributed by atoms with van der Waals surface area (Å²) in [6.45, 7) is 6.41. The molecule has 3 aromatic rings. The number of benzene rings is 2. The summed E-state index contributed by atoms with van der Waals surface area (Å²) in [5.74, 6) is -0.210. The van der Waals surface area contributed by atoms with E-state index in [2.05, 4.69) is 10.4 Å². The van der Waals surface area contributed by atoms with Gasteiger partial charge in [0, 0.05) is 13.1 Å². The Balaban J connectivity index is 1.52. The molecule has 1 amide bonds. The van der Waals surface area contributed by atoms with Crippen LogP contribution in [0.15, 0.2) is 47.4 Å². The quantitative estimate of drug-likeness (QED) is 0.615. The lowest BCUT2D eigenvalue weighted by molar-refractivity contribution is -0.122. The molecule has 4 rings (SSSR count). The van der Waals surface area contributed by atoms with Crippen LogP contribution in [0, 0.1) is 13.8 Å². The summed E-state index contributed by atoms with van der Waals surface area (Å²) >= 11 is 0. The van der Waals surface area contributed by atoms with E-state index in [-0.39, 0.29) is 23.4 Å². The smallest absolute Gasteiger partial charge is 0.246 e. The van der Waals surface area contributed by atoms with Crippen molar-refractivity contribution in [3.63, 3.8) is 0 Å². The minimum Gasteiger partial charge on any atom is -0.348 e. The second kappa shape index (κ2) is 9.03. The topological polar surface area (TPSA) is 84.3 Å². The maximum Gasteiger partial charge on any atom is 0.246 e. The van der Waals surface area contributed by atoms with Crippen molar-refractivity contribution in [2.75, 3.05) is 13.1 Å². The van der Waals surface area contributed by atoms with E-state index < -0.39 is 10.0 Å². The standard InChI is InChI=1S/C24H30N4O3S/c1-17(21-13-9-11-20-10-5-6-12-22(20)21)25-23(29)16-28-19(3)24(18(2)26-28)32(30,31)27-14-7-4-8-15-27/h5-6,9-13,17H,4,7-8,14-16H2,1-3H3,(H,25,29)/t17-/m0/s1. The molecule has 1 fully saturated rings. The number of amides is 1. The Morgan fingerprint density at radius 2 is 1.75 bits per heavy atom. The molecule has 0 saturated carbocycles. The number of nitrogens with one attached hydrogen (secondary N) is 1. The van der Waals surface area contributed by atoms with Crippen LogP contribution in [0.3, 0.4) is 0 Å². The van der Waals surface area contributed by atoms with Gasteiger partial charge in [-0.1, -0.05) is 48.9 Å². The number of carbonyl (C=O) groups is 1. The van der Waals surface area contributed by atoms with Gasteiger partial charge in [-0.2, -0.15) is 9.40 Å². The molecule has 1 aliphatic rings. The van der Waals surface area contributed by atoms with Crippen molar-refractivity contribution in [2.45, 2.75) is 57.5 Å². The van der Waals surface area contributed by atoms with Crippen LogP contribution in [0.1, 0.15) is 49.2 Å². The monoisotopic (exact) mass is 454 g/mol. The average molecular weight is 455 g/mol. The van der Waals surface area contributed by atoms with E-state index in [9.17, 15) is 13.2 Å². The van der Waals surface area contributed by atoms with E-state index >= 15 is 0 Å². The fraction of sp³-hybridized carbons (Fsp3) is 0.417. The van der Waals surface area contributed by atoms with Gasteiger partial charge < -0.3 is 5.32 Å². The fourth-order valence-electron chi connectivity index (χ4n) is 4.57. The lowest BCUT2D eigenvalue weighted by atomic mass is 10.00. The normalized spacial score (nSPS) is 16.2. The van der Waals surface area contributed by atoms with Crippen LogP contribution in [-0.2, 0) is 21.4 Å². The molecule has 1 atom stereocenters. The van der Waals surface area contributed by atoms with E-state index in [1.54, 1.807) is 18.2 Å². The molecule has 0 spiro atoms. The Morgan fingerprint density at radius 1 is 1.06 bits per heavy atom. The Morgan fingerprint density at radius 3 is 2.50 bits per heavy atom. The number of piperidine rings is 1. The van der Waals surface area contributed by atoms with Crippen molar-refractivity contribution in [1.29, 1.82) is 0 Å². The zero-order valence-electron chi connectivity index (χ0n) is 18.8. The second-order valence-corrected chi connectivity index (χ2v) is 10.4. The van der Waals surface area contributed by atoms with Crippen molar-refractivity contribution >= 4 is 26.7 Å². The van der Waals surface area contributed by atoms with Gasteiger partial charge in [0.05, 0.1) is 17.4 Å². The summed E-state index contributed by atoms with van der Waals surface area (Å²) in [7, 11) is -3.61.